The van der Waals surface area contributed by atoms with Gasteiger partial charge in [0.15, 0.2) is 0 Å². The Morgan fingerprint density at radius 3 is 2.79 bits per heavy atom. The van der Waals surface area contributed by atoms with Gasteiger partial charge < -0.3 is 14.6 Å². The molecule has 0 aromatic carbocycles. The zero-order chi connectivity index (χ0) is 14.3. The molecule has 0 saturated heterocycles. The molecule has 0 spiro atoms. The largest absolute Gasteiger partial charge is 0.469 e. The molecule has 0 aliphatic rings. The molecule has 0 aliphatic carbocycles. The summed E-state index contributed by atoms with van der Waals surface area (Å²) >= 11 is 5.86. The van der Waals surface area contributed by atoms with E-state index in [1.165, 1.54) is 20.4 Å². The van der Waals surface area contributed by atoms with Crippen LogP contribution in [0, 0.1) is 0 Å². The van der Waals surface area contributed by atoms with Gasteiger partial charge in [-0.2, -0.15) is 0 Å². The number of esters is 1. The molecule has 1 rings (SSSR count). The molecule has 0 unspecified atom stereocenters. The number of rotatable bonds is 7. The first-order chi connectivity index (χ1) is 9.01. The van der Waals surface area contributed by atoms with Crippen molar-refractivity contribution < 1.29 is 19.4 Å². The molecule has 6 heteroatoms. The number of unbranched alkanes of at least 4 members (excludes halogenated alkanes) is 1. The summed E-state index contributed by atoms with van der Waals surface area (Å²) in [5.41, 5.74) is 0.362. The van der Waals surface area contributed by atoms with E-state index < -0.39 is 5.79 Å². The highest BCUT2D eigenvalue weighted by molar-refractivity contribution is 6.30. The fraction of sp³-hybridized carbons (Fsp3) is 0.538. The Balaban J connectivity index is 2.58. The van der Waals surface area contributed by atoms with Gasteiger partial charge in [-0.05, 0) is 25.0 Å². The molecule has 1 aromatic heterocycles. The Morgan fingerprint density at radius 2 is 2.21 bits per heavy atom. The number of ether oxygens (including phenoxy) is 2. The number of aliphatic hydroxyl groups is 1. The highest BCUT2D eigenvalue weighted by Gasteiger charge is 2.30. The van der Waals surface area contributed by atoms with E-state index in [-0.39, 0.29) is 5.97 Å². The molecule has 1 N–H and O–H groups in total. The van der Waals surface area contributed by atoms with E-state index in [4.69, 9.17) is 16.3 Å². The fourth-order valence-electron chi connectivity index (χ4n) is 1.69. The van der Waals surface area contributed by atoms with Crippen LogP contribution in [0.2, 0.25) is 5.02 Å². The number of aromatic nitrogens is 1. The minimum absolute atomic E-state index is 0.262. The summed E-state index contributed by atoms with van der Waals surface area (Å²) in [7, 11) is 2.76. The van der Waals surface area contributed by atoms with E-state index in [0.717, 1.165) is 0 Å². The molecule has 0 bridgehead atoms. The maximum atomic E-state index is 11.0. The molecule has 0 saturated carbocycles. The minimum Gasteiger partial charge on any atom is -0.469 e. The van der Waals surface area contributed by atoms with Crippen molar-refractivity contribution in [2.45, 2.75) is 31.5 Å². The maximum absolute atomic E-state index is 11.0. The Morgan fingerprint density at radius 1 is 1.47 bits per heavy atom. The molecule has 5 nitrogen and oxygen atoms in total. The van der Waals surface area contributed by atoms with Crippen LogP contribution in [0.4, 0.5) is 0 Å². The maximum Gasteiger partial charge on any atom is 0.305 e. The van der Waals surface area contributed by atoms with E-state index >= 15 is 0 Å². The lowest BCUT2D eigenvalue weighted by molar-refractivity contribution is -0.202. The molecular weight excluding hydrogens is 270 g/mol. The molecule has 0 fully saturated rings. The highest BCUT2D eigenvalue weighted by atomic mass is 35.5. The summed E-state index contributed by atoms with van der Waals surface area (Å²) in [5.74, 6) is -1.75. The first-order valence-corrected chi connectivity index (χ1v) is 6.36. The lowest BCUT2D eigenvalue weighted by Crippen LogP contribution is -2.29. The molecule has 1 aromatic rings. The van der Waals surface area contributed by atoms with Gasteiger partial charge in [0.2, 0.25) is 5.79 Å². The summed E-state index contributed by atoms with van der Waals surface area (Å²) in [6.07, 6.45) is 3.37. The topological polar surface area (TPSA) is 68.7 Å². The fourth-order valence-corrected chi connectivity index (χ4v) is 1.85. The normalized spacial score (nSPS) is 13.9. The van der Waals surface area contributed by atoms with Crippen molar-refractivity contribution in [1.29, 1.82) is 0 Å². The van der Waals surface area contributed by atoms with Crippen molar-refractivity contribution in [2.24, 2.45) is 0 Å². The number of nitrogens with zero attached hydrogens (tertiary/aromatic N) is 1. The van der Waals surface area contributed by atoms with Gasteiger partial charge >= 0.3 is 5.97 Å². The summed E-state index contributed by atoms with van der Waals surface area (Å²) in [4.78, 5) is 15.0. The molecule has 0 amide bonds. The van der Waals surface area contributed by atoms with Crippen LogP contribution in [0.5, 0.6) is 0 Å². The SMILES string of the molecule is COC(=O)CCCC[C@](O)(OC)c1cc(Cl)ccn1. The predicted octanol–water partition coefficient (Wildman–Crippen LogP) is 2.26. The van der Waals surface area contributed by atoms with Gasteiger partial charge in [0.05, 0.1) is 7.11 Å². The molecule has 106 valence electrons. The molecule has 0 radical (unpaired) electrons. The van der Waals surface area contributed by atoms with Crippen LogP contribution in [0.25, 0.3) is 0 Å². The quantitative estimate of drug-likeness (QED) is 0.473. The second kappa shape index (κ2) is 7.43. The predicted molar refractivity (Wildman–Crippen MR) is 70.6 cm³/mol. The third-order valence-corrected chi connectivity index (χ3v) is 3.07. The monoisotopic (exact) mass is 287 g/mol. The number of hydrogen-bond acceptors (Lipinski definition) is 5. The van der Waals surface area contributed by atoms with Crippen molar-refractivity contribution in [3.8, 4) is 0 Å². The van der Waals surface area contributed by atoms with Gasteiger partial charge in [0, 0.05) is 31.2 Å². The average Bonchev–Trinajstić information content (AvgIpc) is 2.43. The Kier molecular flexibility index (Phi) is 6.21. The molecule has 1 atom stereocenters. The summed E-state index contributed by atoms with van der Waals surface area (Å²) in [5, 5.41) is 10.9. The van der Waals surface area contributed by atoms with E-state index in [1.54, 1.807) is 12.1 Å². The van der Waals surface area contributed by atoms with Crippen LogP contribution in [0.3, 0.4) is 0 Å². The van der Waals surface area contributed by atoms with Crippen molar-refractivity contribution in [3.05, 3.63) is 29.0 Å². The Labute approximate surface area is 117 Å². The lowest BCUT2D eigenvalue weighted by atomic mass is 10.0. The van der Waals surface area contributed by atoms with Crippen molar-refractivity contribution >= 4 is 17.6 Å². The minimum atomic E-state index is -1.49. The standard InChI is InChI=1S/C13H18ClNO4/c1-18-12(16)5-3-4-7-13(17,19-2)11-9-10(14)6-8-15-11/h6,8-9,17H,3-5,7H2,1-2H3/t13-/m0/s1. The second-order valence-electron chi connectivity index (χ2n) is 4.13. The first kappa shape index (κ1) is 15.9. The van der Waals surface area contributed by atoms with Crippen molar-refractivity contribution in [2.75, 3.05) is 14.2 Å². The van der Waals surface area contributed by atoms with Crippen LogP contribution in [-0.4, -0.2) is 30.3 Å². The van der Waals surface area contributed by atoms with E-state index in [1.807, 2.05) is 0 Å². The third kappa shape index (κ3) is 4.78. The van der Waals surface area contributed by atoms with Crippen LogP contribution in [-0.2, 0) is 20.1 Å². The molecule has 0 aliphatic heterocycles. The molecule has 1 heterocycles. The van der Waals surface area contributed by atoms with E-state index in [9.17, 15) is 9.90 Å². The van der Waals surface area contributed by atoms with Gasteiger partial charge in [-0.1, -0.05) is 11.6 Å². The van der Waals surface area contributed by atoms with Gasteiger partial charge in [0.1, 0.15) is 5.69 Å². The summed E-state index contributed by atoms with van der Waals surface area (Å²) < 4.78 is 9.68. The first-order valence-electron chi connectivity index (χ1n) is 5.98. The lowest BCUT2D eigenvalue weighted by Gasteiger charge is -2.25. The second-order valence-corrected chi connectivity index (χ2v) is 4.57. The zero-order valence-electron chi connectivity index (χ0n) is 11.1. The van der Waals surface area contributed by atoms with Gasteiger partial charge in [0.25, 0.3) is 0 Å². The zero-order valence-corrected chi connectivity index (χ0v) is 11.8. The van der Waals surface area contributed by atoms with Gasteiger partial charge in [-0.3, -0.25) is 9.78 Å². The third-order valence-electron chi connectivity index (χ3n) is 2.83. The van der Waals surface area contributed by atoms with Gasteiger partial charge in [-0.15, -0.1) is 0 Å². The van der Waals surface area contributed by atoms with Gasteiger partial charge in [-0.25, -0.2) is 0 Å². The van der Waals surface area contributed by atoms with Crippen molar-refractivity contribution in [1.82, 2.24) is 4.98 Å². The molecular formula is C13H18ClNO4. The number of halogens is 1. The number of carbonyl (C=O) groups excluding carboxylic acids is 1. The van der Waals surface area contributed by atoms with Crippen LogP contribution < -0.4 is 0 Å². The number of hydrogen-bond donors (Lipinski definition) is 1. The smallest absolute Gasteiger partial charge is 0.305 e. The number of pyridine rings is 1. The van der Waals surface area contributed by atoms with Crippen LogP contribution >= 0.6 is 11.6 Å². The summed E-state index contributed by atoms with van der Waals surface area (Å²) in [6, 6.07) is 3.18. The highest BCUT2D eigenvalue weighted by Crippen LogP contribution is 2.28. The summed E-state index contributed by atoms with van der Waals surface area (Å²) in [6.45, 7) is 0. The van der Waals surface area contributed by atoms with E-state index in [0.29, 0.717) is 36.4 Å². The Hall–Kier alpha value is -1.17. The number of methoxy groups -OCH3 is 2. The molecule has 19 heavy (non-hydrogen) atoms. The van der Waals surface area contributed by atoms with Crippen LogP contribution in [0.1, 0.15) is 31.4 Å². The number of carbonyl (C=O) groups is 1. The Bertz CT molecular complexity index is 427. The van der Waals surface area contributed by atoms with E-state index in [2.05, 4.69) is 9.72 Å². The van der Waals surface area contributed by atoms with Crippen LogP contribution in [0.15, 0.2) is 18.3 Å². The van der Waals surface area contributed by atoms with Crippen molar-refractivity contribution in [3.63, 3.8) is 0 Å². The average molecular weight is 288 g/mol.